The zero-order valence-corrected chi connectivity index (χ0v) is 13.3. The molecule has 0 unspecified atom stereocenters. The number of aliphatic hydroxyl groups excluding tert-OH is 1. The van der Waals surface area contributed by atoms with Gasteiger partial charge in [-0.1, -0.05) is 12.1 Å². The topological polar surface area (TPSA) is 81.2 Å². The van der Waals surface area contributed by atoms with Crippen molar-refractivity contribution in [1.82, 2.24) is 20.4 Å². The van der Waals surface area contributed by atoms with Gasteiger partial charge in [-0.2, -0.15) is 5.10 Å². The Balaban J connectivity index is 1.99. The number of nitrogens with one attached hydrogen (secondary N) is 2. The molecule has 2 amide bonds. The minimum atomic E-state index is -0.321. The molecular formula is C16H21FN4O2. The lowest BCUT2D eigenvalue weighted by Gasteiger charge is -2.22. The molecule has 7 heteroatoms. The smallest absolute Gasteiger partial charge is 0.318 e. The Labute approximate surface area is 134 Å². The summed E-state index contributed by atoms with van der Waals surface area (Å²) in [6.45, 7) is 4.49. The number of benzene rings is 1. The molecule has 0 aliphatic rings. The highest BCUT2D eigenvalue weighted by Crippen LogP contribution is 2.10. The first kappa shape index (κ1) is 17.0. The number of aryl methyl sites for hydroxylation is 2. The number of aliphatic hydroxyl groups is 1. The molecule has 2 rings (SSSR count). The molecule has 23 heavy (non-hydrogen) atoms. The van der Waals surface area contributed by atoms with Crippen molar-refractivity contribution in [2.45, 2.75) is 26.9 Å². The molecule has 0 bridgehead atoms. The van der Waals surface area contributed by atoms with Crippen molar-refractivity contribution < 1.29 is 14.3 Å². The van der Waals surface area contributed by atoms with E-state index in [2.05, 4.69) is 15.5 Å². The summed E-state index contributed by atoms with van der Waals surface area (Å²) in [6.07, 6.45) is 0. The number of hydrogen-bond acceptors (Lipinski definition) is 3. The molecule has 124 valence electrons. The van der Waals surface area contributed by atoms with Gasteiger partial charge in [-0.3, -0.25) is 5.10 Å². The fourth-order valence-electron chi connectivity index (χ4n) is 2.29. The maximum atomic E-state index is 12.9. The van der Waals surface area contributed by atoms with Crippen molar-refractivity contribution in [3.8, 4) is 0 Å². The van der Waals surface area contributed by atoms with Gasteiger partial charge in [0.25, 0.3) is 0 Å². The Hall–Kier alpha value is -2.41. The van der Waals surface area contributed by atoms with E-state index in [4.69, 9.17) is 5.11 Å². The van der Waals surface area contributed by atoms with E-state index in [0.717, 1.165) is 22.5 Å². The molecule has 3 N–H and O–H groups in total. The van der Waals surface area contributed by atoms with Crippen LogP contribution in [0.3, 0.4) is 0 Å². The van der Waals surface area contributed by atoms with Crippen molar-refractivity contribution >= 4 is 6.03 Å². The number of aromatic amines is 1. The van der Waals surface area contributed by atoms with E-state index in [0.29, 0.717) is 13.1 Å². The SMILES string of the molecule is Cc1n[nH]c(C)c1CNC(=O)N(CCO)Cc1ccc(F)cc1. The Morgan fingerprint density at radius 1 is 1.35 bits per heavy atom. The van der Waals surface area contributed by atoms with Gasteiger partial charge in [-0.25, -0.2) is 9.18 Å². The number of rotatable bonds is 6. The van der Waals surface area contributed by atoms with E-state index >= 15 is 0 Å². The van der Waals surface area contributed by atoms with Gasteiger partial charge in [0.05, 0.1) is 12.3 Å². The number of urea groups is 1. The first-order chi connectivity index (χ1) is 11.0. The molecule has 0 spiro atoms. The monoisotopic (exact) mass is 320 g/mol. The van der Waals surface area contributed by atoms with Gasteiger partial charge in [0, 0.05) is 30.9 Å². The molecule has 0 aliphatic carbocycles. The molecule has 0 saturated heterocycles. The quantitative estimate of drug-likeness (QED) is 0.760. The van der Waals surface area contributed by atoms with Gasteiger partial charge >= 0.3 is 6.03 Å². The van der Waals surface area contributed by atoms with Crippen LogP contribution in [0.25, 0.3) is 0 Å². The van der Waals surface area contributed by atoms with Gasteiger partial charge in [0.1, 0.15) is 5.82 Å². The van der Waals surface area contributed by atoms with Crippen LogP contribution >= 0.6 is 0 Å². The highest BCUT2D eigenvalue weighted by Gasteiger charge is 2.15. The lowest BCUT2D eigenvalue weighted by Crippen LogP contribution is -2.40. The second kappa shape index (κ2) is 7.73. The number of carbonyl (C=O) groups is 1. The van der Waals surface area contributed by atoms with Gasteiger partial charge in [-0.05, 0) is 31.5 Å². The molecule has 0 atom stereocenters. The standard InChI is InChI=1S/C16H21FN4O2/c1-11-15(12(2)20-19-11)9-18-16(23)21(7-8-22)10-13-3-5-14(17)6-4-13/h3-6,22H,7-10H2,1-2H3,(H,18,23)(H,19,20). The van der Waals surface area contributed by atoms with Crippen LogP contribution < -0.4 is 5.32 Å². The lowest BCUT2D eigenvalue weighted by molar-refractivity contribution is 0.173. The number of carbonyl (C=O) groups excluding carboxylic acids is 1. The summed E-state index contributed by atoms with van der Waals surface area (Å²) in [5, 5.41) is 18.9. The number of halogens is 1. The molecule has 6 nitrogen and oxygen atoms in total. The van der Waals surface area contributed by atoms with Crippen LogP contribution in [0.4, 0.5) is 9.18 Å². The summed E-state index contributed by atoms with van der Waals surface area (Å²) in [7, 11) is 0. The van der Waals surface area contributed by atoms with Crippen LogP contribution in [-0.2, 0) is 13.1 Å². The average Bonchev–Trinajstić information content (AvgIpc) is 2.85. The Kier molecular flexibility index (Phi) is 5.70. The summed E-state index contributed by atoms with van der Waals surface area (Å²) in [6, 6.07) is 5.66. The summed E-state index contributed by atoms with van der Waals surface area (Å²) in [5.41, 5.74) is 3.50. The maximum absolute atomic E-state index is 12.9. The minimum Gasteiger partial charge on any atom is -0.395 e. The Morgan fingerprint density at radius 2 is 2.04 bits per heavy atom. The molecule has 0 fully saturated rings. The predicted molar refractivity (Wildman–Crippen MR) is 84.2 cm³/mol. The van der Waals surface area contributed by atoms with Crippen LogP contribution in [0.5, 0.6) is 0 Å². The maximum Gasteiger partial charge on any atom is 0.318 e. The lowest BCUT2D eigenvalue weighted by atomic mass is 10.2. The Morgan fingerprint density at radius 3 is 2.61 bits per heavy atom. The molecule has 0 radical (unpaired) electrons. The van der Waals surface area contributed by atoms with Crippen LogP contribution in [0.15, 0.2) is 24.3 Å². The van der Waals surface area contributed by atoms with E-state index < -0.39 is 0 Å². The minimum absolute atomic E-state index is 0.140. The normalized spacial score (nSPS) is 10.6. The molecule has 0 saturated carbocycles. The number of amides is 2. The highest BCUT2D eigenvalue weighted by molar-refractivity contribution is 5.74. The molecule has 2 aromatic rings. The van der Waals surface area contributed by atoms with Crippen molar-refractivity contribution in [1.29, 1.82) is 0 Å². The largest absolute Gasteiger partial charge is 0.395 e. The number of nitrogens with zero attached hydrogens (tertiary/aromatic N) is 2. The molecule has 1 aromatic carbocycles. The number of hydrogen-bond donors (Lipinski definition) is 3. The molecule has 0 aliphatic heterocycles. The first-order valence-corrected chi connectivity index (χ1v) is 7.39. The van der Waals surface area contributed by atoms with Crippen LogP contribution in [0.2, 0.25) is 0 Å². The third kappa shape index (κ3) is 4.53. The van der Waals surface area contributed by atoms with Crippen molar-refractivity contribution in [2.75, 3.05) is 13.2 Å². The number of H-pyrrole nitrogens is 1. The van der Waals surface area contributed by atoms with Gasteiger partial charge in [-0.15, -0.1) is 0 Å². The predicted octanol–water partition coefficient (Wildman–Crippen LogP) is 1.87. The van der Waals surface area contributed by atoms with Gasteiger partial charge in [0.2, 0.25) is 0 Å². The van der Waals surface area contributed by atoms with E-state index in [9.17, 15) is 9.18 Å². The fraction of sp³-hybridized carbons (Fsp3) is 0.375. The van der Waals surface area contributed by atoms with E-state index in [-0.39, 0.29) is 25.0 Å². The third-order valence-electron chi connectivity index (χ3n) is 3.64. The second-order valence-corrected chi connectivity index (χ2v) is 5.34. The average molecular weight is 320 g/mol. The summed E-state index contributed by atoms with van der Waals surface area (Å²) in [5.74, 6) is -0.321. The van der Waals surface area contributed by atoms with E-state index in [1.165, 1.54) is 17.0 Å². The third-order valence-corrected chi connectivity index (χ3v) is 3.64. The summed E-state index contributed by atoms with van der Waals surface area (Å²) in [4.78, 5) is 13.8. The molecule has 1 aromatic heterocycles. The van der Waals surface area contributed by atoms with Crippen molar-refractivity contribution in [3.63, 3.8) is 0 Å². The molecule has 1 heterocycles. The van der Waals surface area contributed by atoms with E-state index in [1.54, 1.807) is 12.1 Å². The van der Waals surface area contributed by atoms with Crippen LogP contribution in [-0.4, -0.2) is 39.4 Å². The second-order valence-electron chi connectivity index (χ2n) is 5.34. The van der Waals surface area contributed by atoms with Gasteiger partial charge in [0.15, 0.2) is 0 Å². The van der Waals surface area contributed by atoms with Gasteiger partial charge < -0.3 is 15.3 Å². The summed E-state index contributed by atoms with van der Waals surface area (Å²) < 4.78 is 12.9. The van der Waals surface area contributed by atoms with Crippen LogP contribution in [0.1, 0.15) is 22.5 Å². The Bertz CT molecular complexity index is 635. The van der Waals surface area contributed by atoms with Crippen molar-refractivity contribution in [2.24, 2.45) is 0 Å². The molecular weight excluding hydrogens is 299 g/mol. The number of aromatic nitrogens is 2. The van der Waals surface area contributed by atoms with E-state index in [1.807, 2.05) is 13.8 Å². The first-order valence-electron chi connectivity index (χ1n) is 7.39. The highest BCUT2D eigenvalue weighted by atomic mass is 19.1. The zero-order valence-electron chi connectivity index (χ0n) is 13.3. The zero-order chi connectivity index (χ0) is 16.8. The fourth-order valence-corrected chi connectivity index (χ4v) is 2.29. The van der Waals surface area contributed by atoms with Crippen molar-refractivity contribution in [3.05, 3.63) is 52.6 Å². The van der Waals surface area contributed by atoms with Crippen LogP contribution in [0, 0.1) is 19.7 Å². The summed E-state index contributed by atoms with van der Waals surface area (Å²) >= 11 is 0.